The lowest BCUT2D eigenvalue weighted by atomic mass is 10.3. The second-order valence-corrected chi connectivity index (χ2v) is 3.66. The van der Waals surface area contributed by atoms with Crippen molar-refractivity contribution >= 4 is 23.2 Å². The Morgan fingerprint density at radius 1 is 1.40 bits per heavy atom. The van der Waals surface area contributed by atoms with E-state index in [1.54, 1.807) is 0 Å². The smallest absolute Gasteiger partial charge is 0.318 e. The van der Waals surface area contributed by atoms with Crippen LogP contribution in [0.25, 0.3) is 0 Å². The molecule has 1 heterocycles. The van der Waals surface area contributed by atoms with Crippen LogP contribution < -0.4 is 0 Å². The van der Waals surface area contributed by atoms with Crippen LogP contribution in [-0.2, 0) is 12.4 Å². The SMILES string of the molecule is FC(F)(F)CCCn1c(Cl)cnc1CCl. The minimum absolute atomic E-state index is 0.0243. The molecule has 7 heteroatoms. The van der Waals surface area contributed by atoms with Gasteiger partial charge in [-0.15, -0.1) is 11.6 Å². The molecule has 0 saturated carbocycles. The molecule has 0 fully saturated rings. The number of hydrogen-bond acceptors (Lipinski definition) is 1. The standard InChI is InChI=1S/C8H9Cl2F3N2/c9-4-7-14-5-6(10)15(7)3-1-2-8(11,12)13/h5H,1-4H2. The van der Waals surface area contributed by atoms with Crippen molar-refractivity contribution in [3.63, 3.8) is 0 Å². The number of aromatic nitrogens is 2. The monoisotopic (exact) mass is 260 g/mol. The normalized spacial score (nSPS) is 12.1. The maximum Gasteiger partial charge on any atom is 0.389 e. The maximum atomic E-state index is 11.9. The Morgan fingerprint density at radius 3 is 2.60 bits per heavy atom. The van der Waals surface area contributed by atoms with E-state index < -0.39 is 12.6 Å². The second-order valence-electron chi connectivity index (χ2n) is 3.00. The summed E-state index contributed by atoms with van der Waals surface area (Å²) in [7, 11) is 0. The van der Waals surface area contributed by atoms with Gasteiger partial charge in [0.1, 0.15) is 11.0 Å². The summed E-state index contributed by atoms with van der Waals surface area (Å²) >= 11 is 11.3. The molecule has 0 aromatic carbocycles. The van der Waals surface area contributed by atoms with Crippen LogP contribution in [-0.4, -0.2) is 15.7 Å². The molecule has 86 valence electrons. The van der Waals surface area contributed by atoms with Crippen LogP contribution in [0.2, 0.25) is 5.15 Å². The Balaban J connectivity index is 2.53. The molecule has 0 bridgehead atoms. The van der Waals surface area contributed by atoms with Crippen LogP contribution in [0.5, 0.6) is 0 Å². The summed E-state index contributed by atoms with van der Waals surface area (Å²) in [6.45, 7) is 0.181. The molecule has 0 aliphatic rings. The maximum absolute atomic E-state index is 11.9. The molecule has 0 spiro atoms. The fraction of sp³-hybridized carbons (Fsp3) is 0.625. The Hall–Kier alpha value is -0.420. The summed E-state index contributed by atoms with van der Waals surface area (Å²) in [6, 6.07) is 0. The summed E-state index contributed by atoms with van der Waals surface area (Å²) in [5.74, 6) is 0.627. The average Bonchev–Trinajstić information content (AvgIpc) is 2.46. The van der Waals surface area contributed by atoms with E-state index in [2.05, 4.69) is 4.98 Å². The molecule has 1 aromatic rings. The van der Waals surface area contributed by atoms with Gasteiger partial charge in [-0.05, 0) is 6.42 Å². The predicted octanol–water partition coefficient (Wildman–Crippen LogP) is 3.62. The Labute approximate surface area is 95.0 Å². The summed E-state index contributed by atoms with van der Waals surface area (Å²) in [5, 5.41) is 0.313. The Bertz CT molecular complexity index is 322. The van der Waals surface area contributed by atoms with Crippen molar-refractivity contribution in [1.29, 1.82) is 0 Å². The van der Waals surface area contributed by atoms with Gasteiger partial charge in [0.25, 0.3) is 0 Å². The average molecular weight is 261 g/mol. The van der Waals surface area contributed by atoms with Gasteiger partial charge in [-0.2, -0.15) is 13.2 Å². The topological polar surface area (TPSA) is 17.8 Å². The molecule has 2 nitrogen and oxygen atoms in total. The first-order valence-corrected chi connectivity index (χ1v) is 5.18. The second kappa shape index (κ2) is 5.07. The van der Waals surface area contributed by atoms with Crippen LogP contribution >= 0.6 is 23.2 Å². The first kappa shape index (κ1) is 12.6. The van der Waals surface area contributed by atoms with E-state index in [9.17, 15) is 13.2 Å². The van der Waals surface area contributed by atoms with Crippen LogP contribution in [0.3, 0.4) is 0 Å². The lowest BCUT2D eigenvalue weighted by Gasteiger charge is -2.09. The molecule has 0 aliphatic heterocycles. The molecule has 0 aliphatic carbocycles. The molecule has 15 heavy (non-hydrogen) atoms. The minimum atomic E-state index is -4.13. The van der Waals surface area contributed by atoms with Crippen LogP contribution in [0.1, 0.15) is 18.7 Å². The molecule has 0 saturated heterocycles. The third-order valence-corrected chi connectivity index (χ3v) is 2.39. The van der Waals surface area contributed by atoms with E-state index >= 15 is 0 Å². The highest BCUT2D eigenvalue weighted by molar-refractivity contribution is 6.29. The molecule has 0 amide bonds. The summed E-state index contributed by atoms with van der Waals surface area (Å²) in [6.07, 6.45) is -3.60. The predicted molar refractivity (Wildman–Crippen MR) is 52.1 cm³/mol. The molecule has 1 aromatic heterocycles. The van der Waals surface area contributed by atoms with Gasteiger partial charge in [0.15, 0.2) is 0 Å². The Kier molecular flexibility index (Phi) is 4.28. The zero-order valence-corrected chi connectivity index (χ0v) is 9.20. The van der Waals surface area contributed by atoms with Crippen molar-refractivity contribution in [3.05, 3.63) is 17.2 Å². The van der Waals surface area contributed by atoms with Gasteiger partial charge in [-0.1, -0.05) is 11.6 Å². The van der Waals surface area contributed by atoms with Gasteiger partial charge in [0.2, 0.25) is 0 Å². The first-order valence-electron chi connectivity index (χ1n) is 4.26. The van der Waals surface area contributed by atoms with Gasteiger partial charge in [0, 0.05) is 13.0 Å². The lowest BCUT2D eigenvalue weighted by molar-refractivity contribution is -0.135. The van der Waals surface area contributed by atoms with Crippen molar-refractivity contribution < 1.29 is 13.2 Å². The minimum Gasteiger partial charge on any atom is -0.318 e. The third kappa shape index (κ3) is 3.91. The van der Waals surface area contributed by atoms with Gasteiger partial charge in [-0.3, -0.25) is 0 Å². The van der Waals surface area contributed by atoms with E-state index in [1.807, 2.05) is 0 Å². The van der Waals surface area contributed by atoms with E-state index in [0.717, 1.165) is 0 Å². The van der Waals surface area contributed by atoms with E-state index in [-0.39, 0.29) is 18.8 Å². The number of halogens is 5. The van der Waals surface area contributed by atoms with E-state index in [0.29, 0.717) is 11.0 Å². The Morgan fingerprint density at radius 2 is 2.07 bits per heavy atom. The molecule has 0 atom stereocenters. The fourth-order valence-electron chi connectivity index (χ4n) is 1.17. The molecule has 0 N–H and O–H groups in total. The highest BCUT2D eigenvalue weighted by Gasteiger charge is 2.26. The van der Waals surface area contributed by atoms with Crippen LogP contribution in [0.15, 0.2) is 6.20 Å². The van der Waals surface area contributed by atoms with Crippen molar-refractivity contribution in [1.82, 2.24) is 9.55 Å². The molecule has 1 rings (SSSR count). The number of nitrogens with zero attached hydrogens (tertiary/aromatic N) is 2. The summed E-state index contributed by atoms with van der Waals surface area (Å²) in [5.41, 5.74) is 0. The first-order chi connectivity index (χ1) is 6.94. The van der Waals surface area contributed by atoms with Gasteiger partial charge in [-0.25, -0.2) is 4.98 Å². The van der Waals surface area contributed by atoms with Gasteiger partial charge >= 0.3 is 6.18 Å². The van der Waals surface area contributed by atoms with E-state index in [4.69, 9.17) is 23.2 Å². The van der Waals surface area contributed by atoms with Crippen molar-refractivity contribution in [2.45, 2.75) is 31.4 Å². The van der Waals surface area contributed by atoms with Crippen molar-refractivity contribution in [2.24, 2.45) is 0 Å². The van der Waals surface area contributed by atoms with Crippen LogP contribution in [0, 0.1) is 0 Å². The largest absolute Gasteiger partial charge is 0.389 e. The lowest BCUT2D eigenvalue weighted by Crippen LogP contribution is -2.10. The van der Waals surface area contributed by atoms with Crippen molar-refractivity contribution in [2.75, 3.05) is 0 Å². The number of imidazole rings is 1. The third-order valence-electron chi connectivity index (χ3n) is 1.85. The van der Waals surface area contributed by atoms with Gasteiger partial charge < -0.3 is 4.57 Å². The number of hydrogen-bond donors (Lipinski definition) is 0. The quantitative estimate of drug-likeness (QED) is 0.757. The van der Waals surface area contributed by atoms with E-state index in [1.165, 1.54) is 10.8 Å². The molecule has 0 radical (unpaired) electrons. The molecular formula is C8H9Cl2F3N2. The van der Waals surface area contributed by atoms with Crippen LogP contribution in [0.4, 0.5) is 13.2 Å². The molecule has 0 unspecified atom stereocenters. The highest BCUT2D eigenvalue weighted by atomic mass is 35.5. The number of alkyl halides is 4. The zero-order chi connectivity index (χ0) is 11.5. The number of rotatable bonds is 4. The fourth-order valence-corrected chi connectivity index (χ4v) is 1.61. The molecular weight excluding hydrogens is 252 g/mol. The van der Waals surface area contributed by atoms with Crippen molar-refractivity contribution in [3.8, 4) is 0 Å². The zero-order valence-electron chi connectivity index (χ0n) is 7.69. The highest BCUT2D eigenvalue weighted by Crippen LogP contribution is 2.23. The summed E-state index contributed by atoms with van der Waals surface area (Å²) < 4.78 is 37.1. The van der Waals surface area contributed by atoms with Gasteiger partial charge in [0.05, 0.1) is 12.1 Å². The summed E-state index contributed by atoms with van der Waals surface area (Å²) in [4.78, 5) is 3.87.